The standard InChI is InChI=1S/C19H13N5O7/c25-18(12-3-6-14(7-4-12)21-19(26)17-2-1-9-31-17)22-20-11-13-5-8-15(23(27)28)10-16(13)24(29)30/h1-11H,(H,21,26)(H,22,25)/b20-11-. The number of anilines is 1. The average Bonchev–Trinajstić information content (AvgIpc) is 3.29. The van der Waals surface area contributed by atoms with Crippen LogP contribution in [-0.4, -0.2) is 27.9 Å². The quantitative estimate of drug-likeness (QED) is 0.334. The van der Waals surface area contributed by atoms with Crippen molar-refractivity contribution in [2.24, 2.45) is 5.10 Å². The number of non-ortho nitro benzene ring substituents is 1. The number of furan rings is 1. The van der Waals surface area contributed by atoms with E-state index in [0.29, 0.717) is 5.69 Å². The van der Waals surface area contributed by atoms with Gasteiger partial charge >= 0.3 is 0 Å². The van der Waals surface area contributed by atoms with E-state index < -0.39 is 33.0 Å². The molecule has 0 bridgehead atoms. The summed E-state index contributed by atoms with van der Waals surface area (Å²) in [5.41, 5.74) is 1.87. The highest BCUT2D eigenvalue weighted by Crippen LogP contribution is 2.23. The topological polar surface area (TPSA) is 170 Å². The van der Waals surface area contributed by atoms with Crippen LogP contribution in [0, 0.1) is 20.2 Å². The Hall–Kier alpha value is -4.87. The Morgan fingerprint density at radius 3 is 2.32 bits per heavy atom. The summed E-state index contributed by atoms with van der Waals surface area (Å²) in [5, 5.41) is 28.1. The van der Waals surface area contributed by atoms with Gasteiger partial charge in [-0.15, -0.1) is 0 Å². The van der Waals surface area contributed by atoms with Crippen LogP contribution in [0.5, 0.6) is 0 Å². The number of rotatable bonds is 7. The third kappa shape index (κ3) is 5.14. The van der Waals surface area contributed by atoms with Crippen LogP contribution in [0.2, 0.25) is 0 Å². The summed E-state index contributed by atoms with van der Waals surface area (Å²) in [6.45, 7) is 0. The molecule has 3 rings (SSSR count). The van der Waals surface area contributed by atoms with Crippen LogP contribution in [0.25, 0.3) is 0 Å². The van der Waals surface area contributed by atoms with Crippen molar-refractivity contribution in [2.45, 2.75) is 0 Å². The maximum absolute atomic E-state index is 12.2. The van der Waals surface area contributed by atoms with Crippen LogP contribution in [0.1, 0.15) is 26.5 Å². The summed E-state index contributed by atoms with van der Waals surface area (Å²) >= 11 is 0. The number of carbonyl (C=O) groups excluding carboxylic acids is 2. The van der Waals surface area contributed by atoms with Crippen molar-refractivity contribution in [2.75, 3.05) is 5.32 Å². The lowest BCUT2D eigenvalue weighted by Crippen LogP contribution is -2.18. The first-order chi connectivity index (χ1) is 14.8. The third-order valence-electron chi connectivity index (χ3n) is 3.94. The molecule has 0 aliphatic carbocycles. The SMILES string of the molecule is O=C(N/N=C\c1ccc([N+](=O)[O-])cc1[N+](=O)[O-])c1ccc(NC(=O)c2ccco2)cc1. The molecule has 0 saturated carbocycles. The number of nitrogens with zero attached hydrogens (tertiary/aromatic N) is 3. The Labute approximate surface area is 173 Å². The number of amides is 2. The van der Waals surface area contributed by atoms with Crippen LogP contribution in [-0.2, 0) is 0 Å². The largest absolute Gasteiger partial charge is 0.459 e. The monoisotopic (exact) mass is 423 g/mol. The van der Waals surface area contributed by atoms with Gasteiger partial charge in [-0.2, -0.15) is 5.10 Å². The lowest BCUT2D eigenvalue weighted by atomic mass is 10.2. The van der Waals surface area contributed by atoms with Gasteiger partial charge in [0, 0.05) is 17.3 Å². The summed E-state index contributed by atoms with van der Waals surface area (Å²) in [7, 11) is 0. The van der Waals surface area contributed by atoms with Crippen molar-refractivity contribution in [3.63, 3.8) is 0 Å². The van der Waals surface area contributed by atoms with E-state index in [2.05, 4.69) is 15.8 Å². The molecule has 12 heteroatoms. The third-order valence-corrected chi connectivity index (χ3v) is 3.94. The Morgan fingerprint density at radius 1 is 0.968 bits per heavy atom. The van der Waals surface area contributed by atoms with Gasteiger partial charge in [0.05, 0.1) is 34.0 Å². The molecule has 2 N–H and O–H groups in total. The molecule has 31 heavy (non-hydrogen) atoms. The second-order valence-electron chi connectivity index (χ2n) is 5.97. The van der Waals surface area contributed by atoms with Crippen molar-refractivity contribution in [3.05, 3.63) is 98.0 Å². The van der Waals surface area contributed by atoms with E-state index in [0.717, 1.165) is 24.4 Å². The predicted octanol–water partition coefficient (Wildman–Crippen LogP) is 3.11. The fraction of sp³-hybridized carbons (Fsp3) is 0. The molecule has 1 aromatic heterocycles. The van der Waals surface area contributed by atoms with Gasteiger partial charge in [-0.3, -0.25) is 29.8 Å². The number of nitro groups is 2. The van der Waals surface area contributed by atoms with Crippen LogP contribution < -0.4 is 10.7 Å². The predicted molar refractivity (Wildman–Crippen MR) is 108 cm³/mol. The minimum Gasteiger partial charge on any atom is -0.459 e. The second kappa shape index (κ2) is 9.09. The number of nitro benzene ring substituents is 2. The van der Waals surface area contributed by atoms with E-state index in [1.165, 1.54) is 36.6 Å². The zero-order valence-corrected chi connectivity index (χ0v) is 15.6. The van der Waals surface area contributed by atoms with Gasteiger partial charge in [0.2, 0.25) is 0 Å². The van der Waals surface area contributed by atoms with Gasteiger partial charge in [-0.25, -0.2) is 5.43 Å². The molecule has 0 spiro atoms. The van der Waals surface area contributed by atoms with Crippen LogP contribution in [0.4, 0.5) is 17.1 Å². The van der Waals surface area contributed by atoms with Crippen molar-refractivity contribution in [3.8, 4) is 0 Å². The van der Waals surface area contributed by atoms with Gasteiger partial charge in [0.25, 0.3) is 23.2 Å². The minimum absolute atomic E-state index is 0.0214. The molecule has 3 aromatic rings. The van der Waals surface area contributed by atoms with Gasteiger partial charge in [0.15, 0.2) is 5.76 Å². The lowest BCUT2D eigenvalue weighted by Gasteiger charge is -2.04. The first kappa shape index (κ1) is 20.9. The zero-order chi connectivity index (χ0) is 22.4. The number of hydrogen-bond acceptors (Lipinski definition) is 8. The average molecular weight is 423 g/mol. The van der Waals surface area contributed by atoms with Crippen LogP contribution in [0.3, 0.4) is 0 Å². The Kier molecular flexibility index (Phi) is 6.11. The molecule has 0 fully saturated rings. The normalized spacial score (nSPS) is 10.6. The number of benzene rings is 2. The number of carbonyl (C=O) groups is 2. The molecule has 1 heterocycles. The Balaban J connectivity index is 1.64. The number of hydrogen-bond donors (Lipinski definition) is 2. The molecule has 0 aliphatic heterocycles. The summed E-state index contributed by atoms with van der Waals surface area (Å²) < 4.78 is 4.98. The molecular formula is C19H13N5O7. The fourth-order valence-corrected chi connectivity index (χ4v) is 2.44. The summed E-state index contributed by atoms with van der Waals surface area (Å²) in [4.78, 5) is 44.4. The number of hydrazone groups is 1. The summed E-state index contributed by atoms with van der Waals surface area (Å²) in [6, 6.07) is 12.0. The summed E-state index contributed by atoms with van der Waals surface area (Å²) in [5.74, 6) is -0.919. The molecule has 2 aromatic carbocycles. The van der Waals surface area contributed by atoms with Crippen LogP contribution in [0.15, 0.2) is 70.4 Å². The zero-order valence-electron chi connectivity index (χ0n) is 15.6. The Morgan fingerprint density at radius 2 is 1.71 bits per heavy atom. The van der Waals surface area contributed by atoms with E-state index >= 15 is 0 Å². The van der Waals surface area contributed by atoms with E-state index in [1.807, 2.05) is 0 Å². The molecule has 156 valence electrons. The van der Waals surface area contributed by atoms with Gasteiger partial charge in [-0.1, -0.05) is 0 Å². The fourth-order valence-electron chi connectivity index (χ4n) is 2.44. The maximum Gasteiger partial charge on any atom is 0.291 e. The smallest absolute Gasteiger partial charge is 0.291 e. The first-order valence-corrected chi connectivity index (χ1v) is 8.56. The van der Waals surface area contributed by atoms with Crippen molar-refractivity contribution in [1.29, 1.82) is 0 Å². The van der Waals surface area contributed by atoms with Gasteiger partial charge < -0.3 is 9.73 Å². The molecule has 0 aliphatic rings. The lowest BCUT2D eigenvalue weighted by molar-refractivity contribution is -0.394. The molecule has 12 nitrogen and oxygen atoms in total. The Bertz CT molecular complexity index is 1170. The van der Waals surface area contributed by atoms with Crippen LogP contribution >= 0.6 is 0 Å². The molecule has 0 unspecified atom stereocenters. The second-order valence-corrected chi connectivity index (χ2v) is 5.97. The molecule has 2 amide bonds. The van der Waals surface area contributed by atoms with E-state index in [-0.39, 0.29) is 16.9 Å². The van der Waals surface area contributed by atoms with Crippen molar-refractivity contribution in [1.82, 2.24) is 5.43 Å². The van der Waals surface area contributed by atoms with Crippen molar-refractivity contribution < 1.29 is 23.9 Å². The number of nitrogens with one attached hydrogen (secondary N) is 2. The molecule has 0 atom stereocenters. The first-order valence-electron chi connectivity index (χ1n) is 8.56. The van der Waals surface area contributed by atoms with Gasteiger partial charge in [0.1, 0.15) is 0 Å². The highest BCUT2D eigenvalue weighted by Gasteiger charge is 2.18. The molecular weight excluding hydrogens is 410 g/mol. The van der Waals surface area contributed by atoms with E-state index in [4.69, 9.17) is 4.42 Å². The van der Waals surface area contributed by atoms with Gasteiger partial charge in [-0.05, 0) is 42.5 Å². The minimum atomic E-state index is -0.786. The molecule has 0 saturated heterocycles. The summed E-state index contributed by atoms with van der Waals surface area (Å²) in [6.07, 6.45) is 2.38. The maximum atomic E-state index is 12.2. The van der Waals surface area contributed by atoms with E-state index in [9.17, 15) is 29.8 Å². The molecule has 0 radical (unpaired) electrons. The van der Waals surface area contributed by atoms with Crippen molar-refractivity contribution >= 4 is 35.1 Å². The van der Waals surface area contributed by atoms with E-state index in [1.54, 1.807) is 6.07 Å². The highest BCUT2D eigenvalue weighted by molar-refractivity contribution is 6.02. The highest BCUT2D eigenvalue weighted by atomic mass is 16.6.